The predicted octanol–water partition coefficient (Wildman–Crippen LogP) is 1.48. The average molecular weight is 309 g/mol. The molecule has 0 fully saturated rings. The molecule has 5 nitrogen and oxygen atoms in total. The second-order valence-electron chi connectivity index (χ2n) is 3.53. The Hall–Kier alpha value is -1.01. The minimum Gasteiger partial charge on any atom is -0.491 e. The lowest BCUT2D eigenvalue weighted by molar-refractivity contribution is 0.0937. The fourth-order valence-electron chi connectivity index (χ4n) is 1.30. The van der Waals surface area contributed by atoms with Crippen LogP contribution < -0.4 is 15.8 Å². The molecule has 0 bridgehead atoms. The number of nitrogens with one attached hydrogen (secondary N) is 1. The van der Waals surface area contributed by atoms with Crippen LogP contribution >= 0.6 is 24.0 Å². The van der Waals surface area contributed by atoms with Gasteiger partial charge in [-0.15, -0.1) is 12.4 Å². The van der Waals surface area contributed by atoms with Gasteiger partial charge in [0.2, 0.25) is 0 Å². The summed E-state index contributed by atoms with van der Waals surface area (Å²) in [5.41, 5.74) is 5.81. The van der Waals surface area contributed by atoms with Crippen LogP contribution in [0.25, 0.3) is 0 Å². The third-order valence-corrected chi connectivity index (χ3v) is 2.46. The summed E-state index contributed by atoms with van der Waals surface area (Å²) in [4.78, 5) is 11.7. The van der Waals surface area contributed by atoms with Crippen molar-refractivity contribution in [3.8, 4) is 5.75 Å². The molecule has 0 radical (unpaired) electrons. The molecule has 1 amide bonds. The normalized spacial score (nSPS) is 9.63. The van der Waals surface area contributed by atoms with E-state index in [4.69, 9.17) is 26.8 Å². The fourth-order valence-corrected chi connectivity index (χ4v) is 1.53. The number of carbonyl (C=O) groups is 1. The van der Waals surface area contributed by atoms with E-state index in [9.17, 15) is 4.79 Å². The Morgan fingerprint density at radius 3 is 2.74 bits per heavy atom. The van der Waals surface area contributed by atoms with Gasteiger partial charge in [-0.1, -0.05) is 11.6 Å². The van der Waals surface area contributed by atoms with Gasteiger partial charge in [-0.2, -0.15) is 0 Å². The van der Waals surface area contributed by atoms with Crippen LogP contribution in [0.5, 0.6) is 5.75 Å². The number of rotatable bonds is 7. The molecular formula is C12H18Cl2N2O3. The van der Waals surface area contributed by atoms with E-state index in [0.29, 0.717) is 42.6 Å². The molecule has 0 aromatic heterocycles. The third-order valence-electron chi connectivity index (χ3n) is 2.16. The monoisotopic (exact) mass is 308 g/mol. The maximum atomic E-state index is 11.7. The molecule has 108 valence electrons. The first-order valence-corrected chi connectivity index (χ1v) is 5.96. The van der Waals surface area contributed by atoms with Crippen LogP contribution in [0.4, 0.5) is 0 Å². The van der Waals surface area contributed by atoms with Crippen LogP contribution in [-0.4, -0.2) is 39.3 Å². The highest BCUT2D eigenvalue weighted by Gasteiger charge is 2.08. The van der Waals surface area contributed by atoms with Crippen LogP contribution in [0.1, 0.15) is 10.4 Å². The molecule has 7 heteroatoms. The highest BCUT2D eigenvalue weighted by Crippen LogP contribution is 2.25. The van der Waals surface area contributed by atoms with Crippen molar-refractivity contribution in [2.24, 2.45) is 5.73 Å². The van der Waals surface area contributed by atoms with Crippen LogP contribution in [0, 0.1) is 0 Å². The largest absolute Gasteiger partial charge is 0.491 e. The van der Waals surface area contributed by atoms with E-state index in [1.54, 1.807) is 25.3 Å². The Bertz CT molecular complexity index is 403. The minimum atomic E-state index is -0.195. The lowest BCUT2D eigenvalue weighted by atomic mass is 10.2. The number of amides is 1. The zero-order valence-electron chi connectivity index (χ0n) is 10.6. The average Bonchev–Trinajstić information content (AvgIpc) is 2.37. The van der Waals surface area contributed by atoms with Crippen molar-refractivity contribution in [2.75, 3.05) is 33.4 Å². The molecule has 0 spiro atoms. The molecule has 0 aliphatic rings. The van der Waals surface area contributed by atoms with Crippen LogP contribution in [0.15, 0.2) is 18.2 Å². The summed E-state index contributed by atoms with van der Waals surface area (Å²) >= 11 is 6.00. The topological polar surface area (TPSA) is 73.6 Å². The van der Waals surface area contributed by atoms with Crippen molar-refractivity contribution in [3.63, 3.8) is 0 Å². The van der Waals surface area contributed by atoms with Gasteiger partial charge < -0.3 is 20.5 Å². The Morgan fingerprint density at radius 2 is 2.16 bits per heavy atom. The number of hydrogen-bond donors (Lipinski definition) is 2. The molecule has 0 atom stereocenters. The number of hydrogen-bond acceptors (Lipinski definition) is 4. The Labute approximate surface area is 123 Å². The van der Waals surface area contributed by atoms with Crippen molar-refractivity contribution in [3.05, 3.63) is 28.8 Å². The van der Waals surface area contributed by atoms with Crippen molar-refractivity contribution < 1.29 is 14.3 Å². The van der Waals surface area contributed by atoms with Gasteiger partial charge in [0.25, 0.3) is 5.91 Å². The molecule has 0 saturated heterocycles. The van der Waals surface area contributed by atoms with Crippen molar-refractivity contribution in [1.82, 2.24) is 5.32 Å². The summed E-state index contributed by atoms with van der Waals surface area (Å²) < 4.78 is 10.2. The molecule has 0 saturated carbocycles. The van der Waals surface area contributed by atoms with E-state index >= 15 is 0 Å². The Morgan fingerprint density at radius 1 is 1.42 bits per heavy atom. The third kappa shape index (κ3) is 6.11. The van der Waals surface area contributed by atoms with E-state index in [2.05, 4.69) is 5.32 Å². The number of halogens is 2. The summed E-state index contributed by atoms with van der Waals surface area (Å²) in [6.45, 7) is 1.73. The highest BCUT2D eigenvalue weighted by molar-refractivity contribution is 6.32. The number of ether oxygens (including phenoxy) is 2. The Kier molecular flexibility index (Phi) is 9.34. The molecule has 3 N–H and O–H groups in total. The standard InChI is InChI=1S/C12H17ClN2O3.ClH/c1-17-7-5-15-12(16)9-2-3-11(10(13)8-9)18-6-4-14;/h2-3,8H,4-7,14H2,1H3,(H,15,16);1H. The molecule has 0 aliphatic carbocycles. The molecule has 0 heterocycles. The van der Waals surface area contributed by atoms with Gasteiger partial charge in [0, 0.05) is 25.8 Å². The van der Waals surface area contributed by atoms with Crippen molar-refractivity contribution >= 4 is 29.9 Å². The zero-order valence-corrected chi connectivity index (χ0v) is 12.2. The van der Waals surface area contributed by atoms with E-state index in [1.807, 2.05) is 0 Å². The van der Waals surface area contributed by atoms with E-state index in [0.717, 1.165) is 0 Å². The van der Waals surface area contributed by atoms with E-state index in [-0.39, 0.29) is 18.3 Å². The first-order chi connectivity index (χ1) is 8.69. The van der Waals surface area contributed by atoms with Crippen LogP contribution in [-0.2, 0) is 4.74 Å². The lowest BCUT2D eigenvalue weighted by Gasteiger charge is -2.09. The van der Waals surface area contributed by atoms with Crippen molar-refractivity contribution in [1.29, 1.82) is 0 Å². The second kappa shape index (κ2) is 9.86. The highest BCUT2D eigenvalue weighted by atomic mass is 35.5. The number of benzene rings is 1. The first-order valence-electron chi connectivity index (χ1n) is 5.58. The second-order valence-corrected chi connectivity index (χ2v) is 3.94. The molecular weight excluding hydrogens is 291 g/mol. The van der Waals surface area contributed by atoms with E-state index < -0.39 is 0 Å². The minimum absolute atomic E-state index is 0. The van der Waals surface area contributed by atoms with E-state index in [1.165, 1.54) is 0 Å². The maximum absolute atomic E-state index is 11.7. The molecule has 19 heavy (non-hydrogen) atoms. The summed E-state index contributed by atoms with van der Waals surface area (Å²) in [6.07, 6.45) is 0. The maximum Gasteiger partial charge on any atom is 0.251 e. The SMILES string of the molecule is COCCNC(=O)c1ccc(OCCN)c(Cl)c1.Cl. The summed E-state index contributed by atoms with van der Waals surface area (Å²) in [5, 5.41) is 3.10. The number of methoxy groups -OCH3 is 1. The van der Waals surface area contributed by atoms with Gasteiger partial charge in [-0.05, 0) is 18.2 Å². The van der Waals surface area contributed by atoms with Gasteiger partial charge in [-0.3, -0.25) is 4.79 Å². The smallest absolute Gasteiger partial charge is 0.251 e. The van der Waals surface area contributed by atoms with Crippen LogP contribution in [0.2, 0.25) is 5.02 Å². The summed E-state index contributed by atoms with van der Waals surface area (Å²) in [7, 11) is 1.58. The quantitative estimate of drug-likeness (QED) is 0.748. The van der Waals surface area contributed by atoms with Gasteiger partial charge >= 0.3 is 0 Å². The van der Waals surface area contributed by atoms with Gasteiger partial charge in [0.1, 0.15) is 12.4 Å². The first kappa shape index (κ1) is 18.0. The molecule has 1 aromatic carbocycles. The summed E-state index contributed by atoms with van der Waals surface area (Å²) in [5.74, 6) is 0.329. The van der Waals surface area contributed by atoms with Crippen LogP contribution in [0.3, 0.4) is 0 Å². The fraction of sp³-hybridized carbons (Fsp3) is 0.417. The molecule has 0 aliphatic heterocycles. The zero-order chi connectivity index (χ0) is 13.4. The molecule has 0 unspecified atom stereocenters. The number of nitrogens with two attached hydrogens (primary N) is 1. The van der Waals surface area contributed by atoms with Crippen molar-refractivity contribution in [2.45, 2.75) is 0 Å². The molecule has 1 rings (SSSR count). The van der Waals surface area contributed by atoms with Gasteiger partial charge in [-0.25, -0.2) is 0 Å². The summed E-state index contributed by atoms with van der Waals surface area (Å²) in [6, 6.07) is 4.87. The van der Waals surface area contributed by atoms with Gasteiger partial charge in [0.05, 0.1) is 11.6 Å². The number of carbonyl (C=O) groups excluding carboxylic acids is 1. The Balaban J connectivity index is 0.00000324. The lowest BCUT2D eigenvalue weighted by Crippen LogP contribution is -2.26. The van der Waals surface area contributed by atoms with Gasteiger partial charge in [0.15, 0.2) is 0 Å². The molecule has 1 aromatic rings. The predicted molar refractivity (Wildman–Crippen MR) is 77.5 cm³/mol.